The highest BCUT2D eigenvalue weighted by Gasteiger charge is 2.35. The fourth-order valence-corrected chi connectivity index (χ4v) is 6.78. The van der Waals surface area contributed by atoms with Gasteiger partial charge in [-0.25, -0.2) is 8.42 Å². The lowest BCUT2D eigenvalue weighted by Crippen LogP contribution is -2.53. The molecule has 0 heterocycles. The zero-order chi connectivity index (χ0) is 31.7. The monoisotopic (exact) mass is 651 g/mol. The molecule has 7 nitrogen and oxygen atoms in total. The van der Waals surface area contributed by atoms with E-state index in [1.54, 1.807) is 67.6 Å². The Morgan fingerprint density at radius 1 is 0.864 bits per heavy atom. The fourth-order valence-electron chi connectivity index (χ4n) is 4.86. The molecule has 0 radical (unpaired) electrons. The molecule has 0 fully saturated rings. The third-order valence-electron chi connectivity index (χ3n) is 7.16. The molecule has 0 unspecified atom stereocenters. The average molecular weight is 653 g/mol. The van der Waals surface area contributed by atoms with Crippen LogP contribution < -0.4 is 9.62 Å². The summed E-state index contributed by atoms with van der Waals surface area (Å²) in [6.07, 6.45) is 0.930. The molecule has 0 saturated carbocycles. The molecule has 4 aromatic rings. The second-order valence-electron chi connectivity index (χ2n) is 10.4. The van der Waals surface area contributed by atoms with Gasteiger partial charge in [0.25, 0.3) is 10.0 Å². The Labute approximate surface area is 269 Å². The Hall–Kier alpha value is -3.85. The van der Waals surface area contributed by atoms with E-state index in [1.807, 2.05) is 37.3 Å². The predicted molar refractivity (Wildman–Crippen MR) is 176 cm³/mol. The number of nitrogens with zero attached hydrogens (tertiary/aromatic N) is 2. The van der Waals surface area contributed by atoms with Crippen LogP contribution in [0.5, 0.6) is 0 Å². The van der Waals surface area contributed by atoms with E-state index in [-0.39, 0.29) is 23.8 Å². The van der Waals surface area contributed by atoms with E-state index >= 15 is 0 Å². The largest absolute Gasteiger partial charge is 0.354 e. The number of hydrogen-bond donors (Lipinski definition) is 1. The van der Waals surface area contributed by atoms with Crippen molar-refractivity contribution in [2.24, 2.45) is 0 Å². The van der Waals surface area contributed by atoms with Gasteiger partial charge in [-0.05, 0) is 66.4 Å². The standard InChI is InChI=1S/C34H35Cl2N3O4S/c1-3-20-37-34(41)32(22-26-12-6-4-7-13-26)38(23-27-14-10-11-17-30(27)36)33(40)24-39(31-19-18-28(35)21-25(31)2)44(42,43)29-15-8-5-9-16-29/h4-19,21,32H,3,20,22-24H2,1-2H3,(H,37,41)/t32-/m0/s1. The van der Waals surface area contributed by atoms with Crippen LogP contribution >= 0.6 is 23.2 Å². The van der Waals surface area contributed by atoms with Gasteiger partial charge in [0.15, 0.2) is 0 Å². The molecule has 0 aliphatic rings. The maximum Gasteiger partial charge on any atom is 0.264 e. The molecule has 0 aromatic heterocycles. The van der Waals surface area contributed by atoms with Crippen molar-refractivity contribution in [1.29, 1.82) is 0 Å². The van der Waals surface area contributed by atoms with Crippen LogP contribution in [0.3, 0.4) is 0 Å². The highest BCUT2D eigenvalue weighted by Crippen LogP contribution is 2.30. The Kier molecular flexibility index (Phi) is 11.4. The summed E-state index contributed by atoms with van der Waals surface area (Å²) in [4.78, 5) is 29.6. The number of carbonyl (C=O) groups is 2. The van der Waals surface area contributed by atoms with Crippen molar-refractivity contribution in [2.75, 3.05) is 17.4 Å². The number of nitrogens with one attached hydrogen (secondary N) is 1. The number of benzene rings is 4. The zero-order valence-electron chi connectivity index (χ0n) is 24.6. The Bertz CT molecular complexity index is 1690. The Morgan fingerprint density at radius 2 is 1.50 bits per heavy atom. The molecule has 0 aliphatic heterocycles. The third-order valence-corrected chi connectivity index (χ3v) is 9.53. The minimum absolute atomic E-state index is 0.00558. The first kappa shape index (κ1) is 33.1. The lowest BCUT2D eigenvalue weighted by Gasteiger charge is -2.34. The first-order valence-corrected chi connectivity index (χ1v) is 16.5. The van der Waals surface area contributed by atoms with E-state index in [0.29, 0.717) is 39.8 Å². The van der Waals surface area contributed by atoms with Gasteiger partial charge in [-0.1, -0.05) is 96.9 Å². The summed E-state index contributed by atoms with van der Waals surface area (Å²) in [6.45, 7) is 3.54. The molecule has 0 bridgehead atoms. The van der Waals surface area contributed by atoms with E-state index in [0.717, 1.165) is 9.87 Å². The van der Waals surface area contributed by atoms with Crippen LogP contribution in [0.4, 0.5) is 5.69 Å². The molecule has 1 N–H and O–H groups in total. The minimum atomic E-state index is -4.20. The predicted octanol–water partition coefficient (Wildman–Crippen LogP) is 6.66. The molecule has 2 amide bonds. The van der Waals surface area contributed by atoms with Crippen LogP contribution in [0.15, 0.2) is 108 Å². The van der Waals surface area contributed by atoms with Crippen LogP contribution in [0.1, 0.15) is 30.0 Å². The van der Waals surface area contributed by atoms with Gasteiger partial charge in [0.2, 0.25) is 11.8 Å². The lowest BCUT2D eigenvalue weighted by molar-refractivity contribution is -0.140. The number of hydrogen-bond acceptors (Lipinski definition) is 4. The van der Waals surface area contributed by atoms with E-state index in [2.05, 4.69) is 5.32 Å². The topological polar surface area (TPSA) is 86.8 Å². The SMILES string of the molecule is CCCNC(=O)[C@H](Cc1ccccc1)N(Cc1ccccc1Cl)C(=O)CN(c1ccc(Cl)cc1C)S(=O)(=O)c1ccccc1. The number of aryl methyl sites for hydroxylation is 1. The van der Waals surface area contributed by atoms with Crippen molar-refractivity contribution in [1.82, 2.24) is 10.2 Å². The molecule has 230 valence electrons. The maximum atomic E-state index is 14.5. The van der Waals surface area contributed by atoms with Crippen LogP contribution in [0.25, 0.3) is 0 Å². The molecule has 1 atom stereocenters. The van der Waals surface area contributed by atoms with Gasteiger partial charge in [-0.2, -0.15) is 0 Å². The fraction of sp³-hybridized carbons (Fsp3) is 0.235. The van der Waals surface area contributed by atoms with Gasteiger partial charge >= 0.3 is 0 Å². The summed E-state index contributed by atoms with van der Waals surface area (Å²) in [5.41, 5.74) is 2.36. The third kappa shape index (κ3) is 8.20. The van der Waals surface area contributed by atoms with Gasteiger partial charge in [-0.3, -0.25) is 13.9 Å². The van der Waals surface area contributed by atoms with E-state index in [9.17, 15) is 18.0 Å². The van der Waals surface area contributed by atoms with Gasteiger partial charge in [0.1, 0.15) is 12.6 Å². The van der Waals surface area contributed by atoms with Gasteiger partial charge in [-0.15, -0.1) is 0 Å². The Balaban J connectivity index is 1.82. The molecule has 0 aliphatic carbocycles. The van der Waals surface area contributed by atoms with Crippen LogP contribution in [0.2, 0.25) is 10.0 Å². The van der Waals surface area contributed by atoms with Crippen molar-refractivity contribution < 1.29 is 18.0 Å². The maximum absolute atomic E-state index is 14.5. The van der Waals surface area contributed by atoms with Gasteiger partial charge in [0, 0.05) is 29.6 Å². The first-order valence-electron chi connectivity index (χ1n) is 14.3. The summed E-state index contributed by atoms with van der Waals surface area (Å²) < 4.78 is 29.3. The number of halogens is 2. The number of rotatable bonds is 13. The van der Waals surface area contributed by atoms with Gasteiger partial charge in [0.05, 0.1) is 10.6 Å². The molecular weight excluding hydrogens is 617 g/mol. The summed E-state index contributed by atoms with van der Waals surface area (Å²) in [5.74, 6) is -0.900. The number of anilines is 1. The van der Waals surface area contributed by atoms with Crippen LogP contribution in [0, 0.1) is 6.92 Å². The van der Waals surface area contributed by atoms with Crippen molar-refractivity contribution in [3.8, 4) is 0 Å². The molecule has 44 heavy (non-hydrogen) atoms. The molecular formula is C34H35Cl2N3O4S. The summed E-state index contributed by atoms with van der Waals surface area (Å²) in [7, 11) is -4.20. The summed E-state index contributed by atoms with van der Waals surface area (Å²) in [5, 5.41) is 3.80. The summed E-state index contributed by atoms with van der Waals surface area (Å²) in [6, 6.07) is 28.3. The molecule has 10 heteroatoms. The van der Waals surface area contributed by atoms with Crippen molar-refractivity contribution in [3.05, 3.63) is 130 Å². The highest BCUT2D eigenvalue weighted by molar-refractivity contribution is 7.92. The van der Waals surface area contributed by atoms with Crippen molar-refractivity contribution in [3.63, 3.8) is 0 Å². The van der Waals surface area contributed by atoms with Gasteiger partial charge < -0.3 is 10.2 Å². The smallest absolute Gasteiger partial charge is 0.264 e. The summed E-state index contributed by atoms with van der Waals surface area (Å²) >= 11 is 12.7. The molecule has 4 aromatic carbocycles. The second kappa shape index (κ2) is 15.2. The first-order chi connectivity index (χ1) is 21.1. The lowest BCUT2D eigenvalue weighted by atomic mass is 10.0. The van der Waals surface area contributed by atoms with Crippen molar-refractivity contribution >= 4 is 50.7 Å². The van der Waals surface area contributed by atoms with E-state index in [4.69, 9.17) is 23.2 Å². The second-order valence-corrected chi connectivity index (χ2v) is 13.1. The molecule has 0 saturated heterocycles. The quantitative estimate of drug-likeness (QED) is 0.175. The molecule has 4 rings (SSSR count). The number of amides is 2. The van der Waals surface area contributed by atoms with Crippen LogP contribution in [-0.2, 0) is 32.6 Å². The van der Waals surface area contributed by atoms with E-state index in [1.165, 1.54) is 17.0 Å². The normalized spacial score (nSPS) is 11.9. The molecule has 0 spiro atoms. The van der Waals surface area contributed by atoms with Crippen LogP contribution in [-0.4, -0.2) is 44.3 Å². The van der Waals surface area contributed by atoms with E-state index < -0.39 is 28.5 Å². The Morgan fingerprint density at radius 3 is 2.14 bits per heavy atom. The minimum Gasteiger partial charge on any atom is -0.354 e. The van der Waals surface area contributed by atoms with Crippen molar-refractivity contribution in [2.45, 2.75) is 44.2 Å². The number of sulfonamides is 1. The number of carbonyl (C=O) groups excluding carboxylic acids is 2. The zero-order valence-corrected chi connectivity index (χ0v) is 26.9. The average Bonchev–Trinajstić information content (AvgIpc) is 3.02. The highest BCUT2D eigenvalue weighted by atomic mass is 35.5.